The van der Waals surface area contributed by atoms with Gasteiger partial charge in [-0.3, -0.25) is 0 Å². The molecule has 0 radical (unpaired) electrons. The topological polar surface area (TPSA) is 33.0 Å². The second kappa shape index (κ2) is 9.01. The molecular weight excluding hydrogens is 356 g/mol. The van der Waals surface area contributed by atoms with Crippen LogP contribution in [0.25, 0.3) is 0 Å². The van der Waals surface area contributed by atoms with Crippen LogP contribution in [0.2, 0.25) is 0 Å². The highest BCUT2D eigenvalue weighted by Crippen LogP contribution is 2.38. The standard InChI is InChI=1S/C24H25F2NO/c1-2-3-4-18-5-9-20(10-6-18)21-11-13-22(14-12-21)24(25,26)28-23-15-7-19(17-27)8-16-23/h2-3,7-8,11-16,18,20H,4-6,9-10H2,1H3/b3-2-. The first-order chi connectivity index (χ1) is 13.5. The molecular formula is C24H25F2NO. The number of ether oxygens (including phenoxy) is 1. The van der Waals surface area contributed by atoms with Crippen LogP contribution in [0.1, 0.15) is 61.6 Å². The highest BCUT2D eigenvalue weighted by molar-refractivity contribution is 5.35. The zero-order valence-electron chi connectivity index (χ0n) is 16.1. The molecule has 2 aromatic rings. The molecule has 0 saturated heterocycles. The number of allylic oxidation sites excluding steroid dienone is 2. The average Bonchev–Trinajstić information content (AvgIpc) is 2.73. The van der Waals surface area contributed by atoms with Crippen LogP contribution in [-0.4, -0.2) is 0 Å². The van der Waals surface area contributed by atoms with Crippen molar-refractivity contribution in [3.63, 3.8) is 0 Å². The predicted octanol–water partition coefficient (Wildman–Crippen LogP) is 6.93. The lowest BCUT2D eigenvalue weighted by Crippen LogP contribution is -2.22. The van der Waals surface area contributed by atoms with Crippen LogP contribution < -0.4 is 4.74 Å². The molecule has 0 bridgehead atoms. The summed E-state index contributed by atoms with van der Waals surface area (Å²) in [5, 5.41) is 8.78. The van der Waals surface area contributed by atoms with Crippen molar-refractivity contribution in [1.82, 2.24) is 0 Å². The van der Waals surface area contributed by atoms with Gasteiger partial charge in [-0.25, -0.2) is 0 Å². The van der Waals surface area contributed by atoms with E-state index in [2.05, 4.69) is 12.2 Å². The molecule has 146 valence electrons. The molecule has 1 fully saturated rings. The molecule has 0 atom stereocenters. The van der Waals surface area contributed by atoms with Gasteiger partial charge in [0.1, 0.15) is 5.75 Å². The molecule has 28 heavy (non-hydrogen) atoms. The van der Waals surface area contributed by atoms with Crippen molar-refractivity contribution in [3.8, 4) is 11.8 Å². The van der Waals surface area contributed by atoms with E-state index >= 15 is 0 Å². The predicted molar refractivity (Wildman–Crippen MR) is 106 cm³/mol. The summed E-state index contributed by atoms with van der Waals surface area (Å²) in [7, 11) is 0. The van der Waals surface area contributed by atoms with Crippen molar-refractivity contribution in [2.45, 2.75) is 51.1 Å². The fraction of sp³-hybridized carbons (Fsp3) is 0.375. The van der Waals surface area contributed by atoms with Gasteiger partial charge in [0.15, 0.2) is 0 Å². The maximum absolute atomic E-state index is 14.5. The van der Waals surface area contributed by atoms with E-state index in [4.69, 9.17) is 10.00 Å². The minimum absolute atomic E-state index is 0.0347. The lowest BCUT2D eigenvalue weighted by molar-refractivity contribution is -0.185. The highest BCUT2D eigenvalue weighted by atomic mass is 19.3. The number of alkyl halides is 2. The molecule has 1 aliphatic rings. The third-order valence-electron chi connectivity index (χ3n) is 5.50. The van der Waals surface area contributed by atoms with Crippen molar-refractivity contribution in [2.75, 3.05) is 0 Å². The Morgan fingerprint density at radius 3 is 2.25 bits per heavy atom. The summed E-state index contributed by atoms with van der Waals surface area (Å²) in [5.74, 6) is 1.23. The molecule has 2 nitrogen and oxygen atoms in total. The van der Waals surface area contributed by atoms with E-state index in [1.165, 1.54) is 49.2 Å². The summed E-state index contributed by atoms with van der Waals surface area (Å²) in [6, 6.07) is 14.2. The zero-order chi connectivity index (χ0) is 20.0. The molecule has 0 aromatic heterocycles. The Kier molecular flexibility index (Phi) is 6.46. The molecule has 0 unspecified atom stereocenters. The van der Waals surface area contributed by atoms with Gasteiger partial charge in [-0.05, 0) is 92.8 Å². The second-order valence-electron chi connectivity index (χ2n) is 7.40. The first kappa shape index (κ1) is 20.1. The molecule has 3 rings (SSSR count). The number of nitrogens with zero attached hydrogens (tertiary/aromatic N) is 1. The van der Waals surface area contributed by atoms with Crippen LogP contribution in [0.15, 0.2) is 60.7 Å². The van der Waals surface area contributed by atoms with Crippen molar-refractivity contribution < 1.29 is 13.5 Å². The van der Waals surface area contributed by atoms with Crippen molar-refractivity contribution in [1.29, 1.82) is 5.26 Å². The van der Waals surface area contributed by atoms with E-state index in [-0.39, 0.29) is 11.3 Å². The number of nitriles is 1. The van der Waals surface area contributed by atoms with Crippen molar-refractivity contribution in [3.05, 3.63) is 77.4 Å². The van der Waals surface area contributed by atoms with Crippen LogP contribution >= 0.6 is 0 Å². The first-order valence-electron chi connectivity index (χ1n) is 9.80. The highest BCUT2D eigenvalue weighted by Gasteiger charge is 2.34. The maximum atomic E-state index is 14.5. The smallest absolute Gasteiger partial charge is 0.426 e. The monoisotopic (exact) mass is 381 g/mol. The minimum atomic E-state index is -3.42. The quantitative estimate of drug-likeness (QED) is 0.508. The first-order valence-corrected chi connectivity index (χ1v) is 9.80. The average molecular weight is 381 g/mol. The number of benzene rings is 2. The van der Waals surface area contributed by atoms with Crippen LogP contribution in [0.3, 0.4) is 0 Å². The third-order valence-corrected chi connectivity index (χ3v) is 5.50. The van der Waals surface area contributed by atoms with E-state index in [1.807, 2.05) is 25.1 Å². The van der Waals surface area contributed by atoms with Crippen molar-refractivity contribution >= 4 is 0 Å². The van der Waals surface area contributed by atoms with Crippen LogP contribution in [0.5, 0.6) is 5.75 Å². The molecule has 2 aromatic carbocycles. The lowest BCUT2D eigenvalue weighted by Gasteiger charge is -2.28. The van der Waals surface area contributed by atoms with Gasteiger partial charge in [-0.2, -0.15) is 14.0 Å². The van der Waals surface area contributed by atoms with Gasteiger partial charge in [0.05, 0.1) is 17.2 Å². The van der Waals surface area contributed by atoms with Gasteiger partial charge in [-0.15, -0.1) is 0 Å². The summed E-state index contributed by atoms with van der Waals surface area (Å²) < 4.78 is 33.8. The number of halogens is 2. The van der Waals surface area contributed by atoms with Gasteiger partial charge in [0.2, 0.25) is 0 Å². The number of hydrogen-bond donors (Lipinski definition) is 0. The minimum Gasteiger partial charge on any atom is -0.429 e. The summed E-state index contributed by atoms with van der Waals surface area (Å²) in [4.78, 5) is 0. The van der Waals surface area contributed by atoms with Gasteiger partial charge in [-0.1, -0.05) is 24.3 Å². The second-order valence-corrected chi connectivity index (χ2v) is 7.40. The normalized spacial score (nSPS) is 20.1. The number of rotatable bonds is 6. The summed E-state index contributed by atoms with van der Waals surface area (Å²) in [6.07, 6.45) is 6.65. The van der Waals surface area contributed by atoms with E-state index in [0.29, 0.717) is 11.5 Å². The molecule has 0 N–H and O–H groups in total. The Morgan fingerprint density at radius 2 is 1.68 bits per heavy atom. The van der Waals surface area contributed by atoms with E-state index in [0.717, 1.165) is 30.7 Å². The van der Waals surface area contributed by atoms with Gasteiger partial charge < -0.3 is 4.74 Å². The third kappa shape index (κ3) is 4.98. The van der Waals surface area contributed by atoms with E-state index in [9.17, 15) is 8.78 Å². The van der Waals surface area contributed by atoms with E-state index < -0.39 is 6.11 Å². The molecule has 1 saturated carbocycles. The fourth-order valence-electron chi connectivity index (χ4n) is 3.81. The SMILES string of the molecule is C/C=C\CC1CCC(c2ccc(C(F)(F)Oc3ccc(C#N)cc3)cc2)CC1. The summed E-state index contributed by atoms with van der Waals surface area (Å²) in [6.45, 7) is 2.05. The molecule has 1 aliphatic carbocycles. The maximum Gasteiger partial charge on any atom is 0.426 e. The molecule has 0 spiro atoms. The van der Waals surface area contributed by atoms with E-state index in [1.54, 1.807) is 0 Å². The van der Waals surface area contributed by atoms with Crippen LogP contribution in [0, 0.1) is 17.2 Å². The van der Waals surface area contributed by atoms with Crippen LogP contribution in [0.4, 0.5) is 8.78 Å². The van der Waals surface area contributed by atoms with Gasteiger partial charge in [0.25, 0.3) is 0 Å². The molecule has 4 heteroatoms. The molecule has 0 aliphatic heterocycles. The molecule has 0 amide bonds. The largest absolute Gasteiger partial charge is 0.429 e. The van der Waals surface area contributed by atoms with Crippen molar-refractivity contribution in [2.24, 2.45) is 5.92 Å². The Labute approximate surface area is 165 Å². The van der Waals surface area contributed by atoms with Gasteiger partial charge >= 0.3 is 6.11 Å². The Hall–Kier alpha value is -2.67. The molecule has 0 heterocycles. The fourth-order valence-corrected chi connectivity index (χ4v) is 3.81. The Morgan fingerprint density at radius 1 is 1.04 bits per heavy atom. The summed E-state index contributed by atoms with van der Waals surface area (Å²) in [5.41, 5.74) is 1.37. The zero-order valence-corrected chi connectivity index (χ0v) is 16.1. The van der Waals surface area contributed by atoms with Crippen LogP contribution in [-0.2, 0) is 6.11 Å². The van der Waals surface area contributed by atoms with Gasteiger partial charge in [0, 0.05) is 0 Å². The summed E-state index contributed by atoms with van der Waals surface area (Å²) >= 11 is 0. The Balaban J connectivity index is 1.62. The number of hydrogen-bond acceptors (Lipinski definition) is 2. The Bertz CT molecular complexity index is 826. The lowest BCUT2D eigenvalue weighted by atomic mass is 9.77.